The maximum absolute atomic E-state index is 5.95. The Kier molecular flexibility index (Phi) is 3.82. The van der Waals surface area contributed by atoms with Gasteiger partial charge in [-0.3, -0.25) is 4.98 Å². The molecule has 0 amide bonds. The van der Waals surface area contributed by atoms with E-state index in [9.17, 15) is 0 Å². The number of hydrogen-bond acceptors (Lipinski definition) is 3. The molecule has 0 fully saturated rings. The van der Waals surface area contributed by atoms with Crippen molar-refractivity contribution in [3.63, 3.8) is 0 Å². The highest BCUT2D eigenvalue weighted by Crippen LogP contribution is 2.23. The predicted octanol–water partition coefficient (Wildman–Crippen LogP) is 3.06. The van der Waals surface area contributed by atoms with E-state index in [4.69, 9.17) is 5.73 Å². The number of pyridine rings is 1. The Bertz CT molecular complexity index is 545. The molecule has 96 valence electrons. The molecule has 0 aromatic carbocycles. The lowest BCUT2D eigenvalue weighted by Crippen LogP contribution is -2.11. The van der Waals surface area contributed by atoms with Crippen molar-refractivity contribution in [1.29, 1.82) is 0 Å². The van der Waals surface area contributed by atoms with Gasteiger partial charge in [-0.05, 0) is 48.3 Å². The molecule has 0 spiro atoms. The minimum Gasteiger partial charge on any atom is -0.323 e. The highest BCUT2D eigenvalue weighted by atomic mass is 79.9. The SMILES string of the molecule is CC[C@@H](N)c1ccc(-n2nc(C)c(Br)c2C)cn1. The van der Waals surface area contributed by atoms with Crippen molar-refractivity contribution in [2.45, 2.75) is 33.2 Å². The fraction of sp³-hybridized carbons (Fsp3) is 0.385. The van der Waals surface area contributed by atoms with Crippen molar-refractivity contribution >= 4 is 15.9 Å². The normalized spacial score (nSPS) is 12.7. The molecule has 0 bridgehead atoms. The van der Waals surface area contributed by atoms with E-state index in [0.29, 0.717) is 0 Å². The van der Waals surface area contributed by atoms with Gasteiger partial charge in [0.2, 0.25) is 0 Å². The van der Waals surface area contributed by atoms with Crippen LogP contribution in [0.25, 0.3) is 5.69 Å². The summed E-state index contributed by atoms with van der Waals surface area (Å²) in [6.45, 7) is 6.05. The van der Waals surface area contributed by atoms with Crippen LogP contribution in [-0.4, -0.2) is 14.8 Å². The van der Waals surface area contributed by atoms with Crippen LogP contribution in [0.15, 0.2) is 22.8 Å². The average molecular weight is 309 g/mol. The lowest BCUT2D eigenvalue weighted by atomic mass is 10.1. The average Bonchev–Trinajstić information content (AvgIpc) is 2.66. The smallest absolute Gasteiger partial charge is 0.0832 e. The predicted molar refractivity (Wildman–Crippen MR) is 75.8 cm³/mol. The summed E-state index contributed by atoms with van der Waals surface area (Å²) in [7, 11) is 0. The van der Waals surface area contributed by atoms with Crippen molar-refractivity contribution < 1.29 is 0 Å². The van der Waals surface area contributed by atoms with Crippen LogP contribution in [0.4, 0.5) is 0 Å². The number of nitrogens with two attached hydrogens (primary N) is 1. The van der Waals surface area contributed by atoms with Crippen molar-refractivity contribution in [3.05, 3.63) is 39.9 Å². The van der Waals surface area contributed by atoms with Crippen LogP contribution in [-0.2, 0) is 0 Å². The van der Waals surface area contributed by atoms with E-state index in [-0.39, 0.29) is 6.04 Å². The van der Waals surface area contributed by atoms with Gasteiger partial charge in [0.25, 0.3) is 0 Å². The van der Waals surface area contributed by atoms with Gasteiger partial charge in [-0.15, -0.1) is 0 Å². The second-order valence-electron chi connectivity index (χ2n) is 4.35. The first kappa shape index (κ1) is 13.2. The minimum absolute atomic E-state index is 0.00578. The van der Waals surface area contributed by atoms with Crippen LogP contribution in [0, 0.1) is 13.8 Å². The van der Waals surface area contributed by atoms with Gasteiger partial charge in [-0.2, -0.15) is 5.10 Å². The Hall–Kier alpha value is -1.20. The molecular weight excluding hydrogens is 292 g/mol. The summed E-state index contributed by atoms with van der Waals surface area (Å²) < 4.78 is 2.92. The molecule has 2 heterocycles. The quantitative estimate of drug-likeness (QED) is 0.948. The number of aryl methyl sites for hydroxylation is 1. The molecular formula is C13H17BrN4. The Labute approximate surface area is 115 Å². The second kappa shape index (κ2) is 5.20. The monoisotopic (exact) mass is 308 g/mol. The van der Waals surface area contributed by atoms with E-state index in [2.05, 4.69) is 32.9 Å². The number of halogens is 1. The standard InChI is InChI=1S/C13H17BrN4/c1-4-11(15)12-6-5-10(7-16-12)18-9(3)13(14)8(2)17-18/h5-7,11H,4,15H2,1-3H3/t11-/m1/s1. The largest absolute Gasteiger partial charge is 0.323 e. The van der Waals surface area contributed by atoms with Gasteiger partial charge in [-0.25, -0.2) is 4.68 Å². The second-order valence-corrected chi connectivity index (χ2v) is 5.15. The van der Waals surface area contributed by atoms with Crippen LogP contribution >= 0.6 is 15.9 Å². The molecule has 0 aliphatic rings. The van der Waals surface area contributed by atoms with Gasteiger partial charge < -0.3 is 5.73 Å². The van der Waals surface area contributed by atoms with Crippen molar-refractivity contribution in [2.24, 2.45) is 5.73 Å². The Morgan fingerprint density at radius 1 is 1.39 bits per heavy atom. The van der Waals surface area contributed by atoms with Gasteiger partial charge in [-0.1, -0.05) is 6.92 Å². The molecule has 18 heavy (non-hydrogen) atoms. The third kappa shape index (κ3) is 2.33. The molecule has 0 aliphatic heterocycles. The Morgan fingerprint density at radius 3 is 2.56 bits per heavy atom. The molecule has 0 unspecified atom stereocenters. The highest BCUT2D eigenvalue weighted by molar-refractivity contribution is 9.10. The first-order valence-electron chi connectivity index (χ1n) is 5.98. The molecule has 5 heteroatoms. The molecule has 2 N–H and O–H groups in total. The van der Waals surface area contributed by atoms with Crippen LogP contribution in [0.3, 0.4) is 0 Å². The summed E-state index contributed by atoms with van der Waals surface area (Å²) >= 11 is 3.52. The van der Waals surface area contributed by atoms with Crippen LogP contribution in [0.1, 0.15) is 36.5 Å². The summed E-state index contributed by atoms with van der Waals surface area (Å²) in [6, 6.07) is 3.98. The Morgan fingerprint density at radius 2 is 2.11 bits per heavy atom. The summed E-state index contributed by atoms with van der Waals surface area (Å²) in [5.74, 6) is 0. The maximum Gasteiger partial charge on any atom is 0.0832 e. The molecule has 0 aliphatic carbocycles. The first-order chi connectivity index (χ1) is 8.54. The van der Waals surface area contributed by atoms with Gasteiger partial charge in [0, 0.05) is 6.04 Å². The topological polar surface area (TPSA) is 56.7 Å². The molecule has 0 saturated carbocycles. The summed E-state index contributed by atoms with van der Waals surface area (Å²) in [5, 5.41) is 4.47. The number of aromatic nitrogens is 3. The first-order valence-corrected chi connectivity index (χ1v) is 6.77. The van der Waals surface area contributed by atoms with Gasteiger partial charge in [0.1, 0.15) is 0 Å². The zero-order valence-corrected chi connectivity index (χ0v) is 12.4. The number of hydrogen-bond donors (Lipinski definition) is 1. The lowest BCUT2D eigenvalue weighted by Gasteiger charge is -2.09. The van der Waals surface area contributed by atoms with Crippen molar-refractivity contribution in [1.82, 2.24) is 14.8 Å². The van der Waals surface area contributed by atoms with E-state index < -0.39 is 0 Å². The number of nitrogens with zero attached hydrogens (tertiary/aromatic N) is 3. The third-order valence-corrected chi connectivity index (χ3v) is 4.19. The van der Waals surface area contributed by atoms with E-state index in [0.717, 1.165) is 33.7 Å². The van der Waals surface area contributed by atoms with E-state index >= 15 is 0 Å². The van der Waals surface area contributed by atoms with Gasteiger partial charge in [0.15, 0.2) is 0 Å². The summed E-state index contributed by atoms with van der Waals surface area (Å²) in [5.41, 5.74) is 9.86. The number of rotatable bonds is 3. The zero-order chi connectivity index (χ0) is 13.3. The maximum atomic E-state index is 5.95. The lowest BCUT2D eigenvalue weighted by molar-refractivity contribution is 0.673. The summed E-state index contributed by atoms with van der Waals surface area (Å²) in [6.07, 6.45) is 2.70. The molecule has 0 radical (unpaired) electrons. The fourth-order valence-corrected chi connectivity index (χ4v) is 2.07. The fourth-order valence-electron chi connectivity index (χ4n) is 1.83. The third-order valence-electron chi connectivity index (χ3n) is 3.04. The Balaban J connectivity index is 2.37. The highest BCUT2D eigenvalue weighted by Gasteiger charge is 2.11. The van der Waals surface area contributed by atoms with E-state index in [1.807, 2.05) is 36.9 Å². The molecule has 2 rings (SSSR count). The van der Waals surface area contributed by atoms with E-state index in [1.165, 1.54) is 0 Å². The van der Waals surface area contributed by atoms with Gasteiger partial charge in [0.05, 0.1) is 33.4 Å². The van der Waals surface area contributed by atoms with Crippen LogP contribution in [0.5, 0.6) is 0 Å². The molecule has 0 saturated heterocycles. The minimum atomic E-state index is 0.00578. The summed E-state index contributed by atoms with van der Waals surface area (Å²) in [4.78, 5) is 4.40. The van der Waals surface area contributed by atoms with Crippen molar-refractivity contribution in [2.75, 3.05) is 0 Å². The molecule has 4 nitrogen and oxygen atoms in total. The van der Waals surface area contributed by atoms with Crippen LogP contribution < -0.4 is 5.73 Å². The van der Waals surface area contributed by atoms with E-state index in [1.54, 1.807) is 0 Å². The van der Waals surface area contributed by atoms with Gasteiger partial charge >= 0.3 is 0 Å². The van der Waals surface area contributed by atoms with Crippen LogP contribution in [0.2, 0.25) is 0 Å². The molecule has 2 aromatic heterocycles. The van der Waals surface area contributed by atoms with Crippen molar-refractivity contribution in [3.8, 4) is 5.69 Å². The molecule has 1 atom stereocenters. The molecule has 2 aromatic rings. The zero-order valence-electron chi connectivity index (χ0n) is 10.8.